The SMILES string of the molecule is O=[N+]([O-])c1ccc(N2CCN(C3CCNCC3)CC2)nc1. The van der Waals surface area contributed by atoms with E-state index in [1.165, 1.54) is 25.1 Å². The van der Waals surface area contributed by atoms with Gasteiger partial charge in [0.05, 0.1) is 4.92 Å². The van der Waals surface area contributed by atoms with Gasteiger partial charge in [0.15, 0.2) is 0 Å². The Bertz CT molecular complexity index is 479. The van der Waals surface area contributed by atoms with Crippen LogP contribution in [0.25, 0.3) is 0 Å². The summed E-state index contributed by atoms with van der Waals surface area (Å²) in [5.41, 5.74) is 0.0482. The molecule has 0 aliphatic carbocycles. The van der Waals surface area contributed by atoms with Crippen LogP contribution < -0.4 is 10.2 Å². The summed E-state index contributed by atoms with van der Waals surface area (Å²) in [4.78, 5) is 19.2. The second-order valence-corrected chi connectivity index (χ2v) is 5.64. The van der Waals surface area contributed by atoms with Gasteiger partial charge in [0.1, 0.15) is 12.0 Å². The molecule has 114 valence electrons. The summed E-state index contributed by atoms with van der Waals surface area (Å²) in [5, 5.41) is 14.0. The summed E-state index contributed by atoms with van der Waals surface area (Å²) >= 11 is 0. The molecule has 1 N–H and O–H groups in total. The number of hydrogen-bond donors (Lipinski definition) is 1. The summed E-state index contributed by atoms with van der Waals surface area (Å²) in [5.74, 6) is 0.838. The van der Waals surface area contributed by atoms with Gasteiger partial charge in [-0.25, -0.2) is 4.98 Å². The molecule has 3 rings (SSSR count). The molecule has 21 heavy (non-hydrogen) atoms. The van der Waals surface area contributed by atoms with Crippen LogP contribution >= 0.6 is 0 Å². The van der Waals surface area contributed by atoms with Crippen molar-refractivity contribution in [3.05, 3.63) is 28.4 Å². The normalized spacial score (nSPS) is 21.4. The third kappa shape index (κ3) is 3.30. The zero-order chi connectivity index (χ0) is 14.7. The number of nitrogens with one attached hydrogen (secondary N) is 1. The lowest BCUT2D eigenvalue weighted by molar-refractivity contribution is -0.385. The Morgan fingerprint density at radius 2 is 1.90 bits per heavy atom. The maximum atomic E-state index is 10.6. The summed E-state index contributed by atoms with van der Waals surface area (Å²) in [7, 11) is 0. The maximum Gasteiger partial charge on any atom is 0.287 e. The van der Waals surface area contributed by atoms with Crippen molar-refractivity contribution in [2.75, 3.05) is 44.2 Å². The maximum absolute atomic E-state index is 10.6. The van der Waals surface area contributed by atoms with Crippen molar-refractivity contribution in [1.82, 2.24) is 15.2 Å². The van der Waals surface area contributed by atoms with Gasteiger partial charge in [0.25, 0.3) is 5.69 Å². The second kappa shape index (κ2) is 6.36. The zero-order valence-corrected chi connectivity index (χ0v) is 12.1. The number of anilines is 1. The minimum absolute atomic E-state index is 0.0482. The van der Waals surface area contributed by atoms with Crippen LogP contribution in [0, 0.1) is 10.1 Å². The van der Waals surface area contributed by atoms with E-state index >= 15 is 0 Å². The third-order valence-electron chi connectivity index (χ3n) is 4.41. The molecule has 2 aliphatic rings. The minimum Gasteiger partial charge on any atom is -0.354 e. The molecule has 1 aromatic rings. The van der Waals surface area contributed by atoms with Crippen LogP contribution in [-0.2, 0) is 0 Å². The van der Waals surface area contributed by atoms with Gasteiger partial charge in [-0.3, -0.25) is 15.0 Å². The molecule has 0 amide bonds. The van der Waals surface area contributed by atoms with Crippen molar-refractivity contribution >= 4 is 11.5 Å². The topological polar surface area (TPSA) is 74.5 Å². The molecular weight excluding hydrogens is 270 g/mol. The van der Waals surface area contributed by atoms with Gasteiger partial charge < -0.3 is 10.2 Å². The molecule has 0 atom stereocenters. The van der Waals surface area contributed by atoms with E-state index in [0.717, 1.165) is 45.1 Å². The molecule has 7 heteroatoms. The largest absolute Gasteiger partial charge is 0.354 e. The van der Waals surface area contributed by atoms with Gasteiger partial charge in [0.2, 0.25) is 0 Å². The lowest BCUT2D eigenvalue weighted by atomic mass is 10.0. The van der Waals surface area contributed by atoms with Crippen LogP contribution in [0.2, 0.25) is 0 Å². The first kappa shape index (κ1) is 14.2. The summed E-state index contributed by atoms with van der Waals surface area (Å²) in [6.45, 7) is 6.21. The molecule has 2 fully saturated rings. The molecule has 2 aliphatic heterocycles. The van der Waals surface area contributed by atoms with Crippen molar-refractivity contribution in [2.24, 2.45) is 0 Å². The van der Waals surface area contributed by atoms with Crippen LogP contribution in [0.15, 0.2) is 18.3 Å². The lowest BCUT2D eigenvalue weighted by Gasteiger charge is -2.41. The zero-order valence-electron chi connectivity index (χ0n) is 12.1. The van der Waals surface area contributed by atoms with Crippen molar-refractivity contribution in [2.45, 2.75) is 18.9 Å². The van der Waals surface area contributed by atoms with Gasteiger partial charge in [-0.15, -0.1) is 0 Å². The number of piperazine rings is 1. The fourth-order valence-corrected chi connectivity index (χ4v) is 3.16. The number of nitrogens with zero attached hydrogens (tertiary/aromatic N) is 4. The quantitative estimate of drug-likeness (QED) is 0.658. The van der Waals surface area contributed by atoms with Gasteiger partial charge in [-0.2, -0.15) is 0 Å². The molecule has 0 unspecified atom stereocenters. The molecule has 0 radical (unpaired) electrons. The van der Waals surface area contributed by atoms with Gasteiger partial charge in [0, 0.05) is 38.3 Å². The van der Waals surface area contributed by atoms with E-state index in [4.69, 9.17) is 0 Å². The first-order valence-corrected chi connectivity index (χ1v) is 7.54. The van der Waals surface area contributed by atoms with Crippen LogP contribution in [0.1, 0.15) is 12.8 Å². The van der Waals surface area contributed by atoms with Gasteiger partial charge in [-0.1, -0.05) is 0 Å². The highest BCUT2D eigenvalue weighted by Gasteiger charge is 2.25. The van der Waals surface area contributed by atoms with Crippen molar-refractivity contribution in [3.63, 3.8) is 0 Å². The van der Waals surface area contributed by atoms with Gasteiger partial charge in [-0.05, 0) is 32.0 Å². The number of aromatic nitrogens is 1. The highest BCUT2D eigenvalue weighted by molar-refractivity contribution is 5.43. The average molecular weight is 291 g/mol. The molecular formula is C14H21N5O2. The van der Waals surface area contributed by atoms with Crippen molar-refractivity contribution in [3.8, 4) is 0 Å². The molecule has 0 bridgehead atoms. The Hall–Kier alpha value is -1.73. The van der Waals surface area contributed by atoms with E-state index in [1.807, 2.05) is 0 Å². The fraction of sp³-hybridized carbons (Fsp3) is 0.643. The molecule has 0 spiro atoms. The summed E-state index contributed by atoms with van der Waals surface area (Å²) in [6.07, 6.45) is 3.81. The predicted octanol–water partition coefficient (Wildman–Crippen LogP) is 0.864. The van der Waals surface area contributed by atoms with E-state index in [1.54, 1.807) is 6.07 Å². The van der Waals surface area contributed by atoms with Crippen LogP contribution in [0.5, 0.6) is 0 Å². The molecule has 0 saturated carbocycles. The molecule has 0 aromatic carbocycles. The number of pyridine rings is 1. The predicted molar refractivity (Wildman–Crippen MR) is 80.6 cm³/mol. The Morgan fingerprint density at radius 3 is 2.48 bits per heavy atom. The first-order chi connectivity index (χ1) is 10.2. The van der Waals surface area contributed by atoms with Crippen molar-refractivity contribution < 1.29 is 4.92 Å². The Balaban J connectivity index is 1.56. The number of hydrogen-bond acceptors (Lipinski definition) is 6. The number of nitro groups is 1. The third-order valence-corrected chi connectivity index (χ3v) is 4.41. The van der Waals surface area contributed by atoms with Crippen molar-refractivity contribution in [1.29, 1.82) is 0 Å². The van der Waals surface area contributed by atoms with E-state index in [-0.39, 0.29) is 5.69 Å². The number of rotatable bonds is 3. The Morgan fingerprint density at radius 1 is 1.19 bits per heavy atom. The number of piperidine rings is 1. The van der Waals surface area contributed by atoms with Crippen LogP contribution in [-0.4, -0.2) is 60.1 Å². The van der Waals surface area contributed by atoms with Crippen LogP contribution in [0.3, 0.4) is 0 Å². The molecule has 2 saturated heterocycles. The molecule has 7 nitrogen and oxygen atoms in total. The van der Waals surface area contributed by atoms with Gasteiger partial charge >= 0.3 is 0 Å². The smallest absolute Gasteiger partial charge is 0.287 e. The van der Waals surface area contributed by atoms with Crippen LogP contribution in [0.4, 0.5) is 11.5 Å². The standard InChI is InChI=1S/C14H21N5O2/c20-19(21)13-1-2-14(16-11-13)18-9-7-17(8-10-18)12-3-5-15-6-4-12/h1-2,11-12,15H,3-10H2. The Labute approximate surface area is 124 Å². The highest BCUT2D eigenvalue weighted by atomic mass is 16.6. The highest BCUT2D eigenvalue weighted by Crippen LogP contribution is 2.19. The van der Waals surface area contributed by atoms with E-state index < -0.39 is 4.92 Å². The average Bonchev–Trinajstić information content (AvgIpc) is 2.56. The monoisotopic (exact) mass is 291 g/mol. The fourth-order valence-electron chi connectivity index (χ4n) is 3.16. The minimum atomic E-state index is -0.411. The first-order valence-electron chi connectivity index (χ1n) is 7.54. The summed E-state index contributed by atoms with van der Waals surface area (Å²) in [6, 6.07) is 3.98. The second-order valence-electron chi connectivity index (χ2n) is 5.64. The Kier molecular flexibility index (Phi) is 4.31. The molecule has 3 heterocycles. The molecule has 1 aromatic heterocycles. The van der Waals surface area contributed by atoms with E-state index in [9.17, 15) is 10.1 Å². The lowest BCUT2D eigenvalue weighted by Crippen LogP contribution is -2.53. The van der Waals surface area contributed by atoms with E-state index in [2.05, 4.69) is 20.1 Å². The van der Waals surface area contributed by atoms with E-state index in [0.29, 0.717) is 6.04 Å². The summed E-state index contributed by atoms with van der Waals surface area (Å²) < 4.78 is 0.